The van der Waals surface area contributed by atoms with E-state index < -0.39 is 7.26 Å². The molecule has 0 spiro atoms. The summed E-state index contributed by atoms with van der Waals surface area (Å²) in [5, 5.41) is 2.49. The zero-order chi connectivity index (χ0) is 15.7. The molecule has 0 amide bonds. The molecule has 0 N–H and O–H groups in total. The van der Waals surface area contributed by atoms with E-state index in [-0.39, 0.29) is 0 Å². The second-order valence-electron chi connectivity index (χ2n) is 9.01. The summed E-state index contributed by atoms with van der Waals surface area (Å²) in [4.78, 5) is 0. The van der Waals surface area contributed by atoms with Crippen LogP contribution >= 0.6 is 7.26 Å². The van der Waals surface area contributed by atoms with Crippen molar-refractivity contribution in [1.29, 1.82) is 0 Å². The first-order valence-electron chi connectivity index (χ1n) is 8.77. The zero-order valence-corrected chi connectivity index (χ0v) is 16.0. The van der Waals surface area contributed by atoms with Crippen molar-refractivity contribution in [3.63, 3.8) is 0 Å². The van der Waals surface area contributed by atoms with Crippen LogP contribution in [-0.2, 0) is 0 Å². The molecule has 0 nitrogen and oxygen atoms in total. The molecule has 0 radical (unpaired) electrons. The van der Waals surface area contributed by atoms with Crippen molar-refractivity contribution >= 4 is 12.6 Å². The van der Waals surface area contributed by atoms with E-state index in [1.54, 1.807) is 5.30 Å². The first kappa shape index (κ1) is 17.0. The van der Waals surface area contributed by atoms with E-state index in [9.17, 15) is 0 Å². The van der Waals surface area contributed by atoms with Gasteiger partial charge >= 0.3 is 133 Å². The summed E-state index contributed by atoms with van der Waals surface area (Å²) in [5.41, 5.74) is 0.939. The standard InChI is InChI=1S/C20H35P/c1-19(2,3)21(20(4,5)6,17-13-9-7-10-14-17)18-15-11-8-12-16-18/h7,9-10,13-14,18,21H,8,11-12,15-16H2,1-6H3. The molecule has 0 unspecified atom stereocenters. The molecule has 0 aliphatic heterocycles. The molecule has 1 aliphatic carbocycles. The Labute approximate surface area is 133 Å². The first-order chi connectivity index (χ1) is 9.71. The summed E-state index contributed by atoms with van der Waals surface area (Å²) in [7, 11) is -1.67. The fourth-order valence-corrected chi connectivity index (χ4v) is 14.6. The van der Waals surface area contributed by atoms with Crippen LogP contribution in [0.25, 0.3) is 0 Å². The number of benzene rings is 1. The summed E-state index contributed by atoms with van der Waals surface area (Å²) < 4.78 is 0. The predicted molar refractivity (Wildman–Crippen MR) is 101 cm³/mol. The van der Waals surface area contributed by atoms with Crippen LogP contribution in [0.2, 0.25) is 0 Å². The molecule has 1 aromatic carbocycles. The van der Waals surface area contributed by atoms with E-state index in [2.05, 4.69) is 71.9 Å². The second-order valence-corrected chi connectivity index (χ2v) is 15.0. The third-order valence-corrected chi connectivity index (χ3v) is 13.6. The Balaban J connectivity index is 2.66. The van der Waals surface area contributed by atoms with Crippen LogP contribution in [-0.4, -0.2) is 16.0 Å². The number of hydrogen-bond donors (Lipinski definition) is 0. The van der Waals surface area contributed by atoms with Gasteiger partial charge in [0.2, 0.25) is 0 Å². The minimum absolute atomic E-state index is 0.397. The molecule has 0 aromatic heterocycles. The fourth-order valence-electron chi connectivity index (χ4n) is 5.69. The molecule has 1 heteroatoms. The average molecular weight is 306 g/mol. The van der Waals surface area contributed by atoms with Gasteiger partial charge in [-0.2, -0.15) is 0 Å². The molecule has 1 fully saturated rings. The SMILES string of the molecule is CC(C)(C)[PH](c1ccccc1)(C1CCCCC1)C(C)(C)C. The molecule has 0 heterocycles. The summed E-state index contributed by atoms with van der Waals surface area (Å²) in [6, 6.07) is 11.6. The van der Waals surface area contributed by atoms with E-state index in [1.165, 1.54) is 32.1 Å². The summed E-state index contributed by atoms with van der Waals surface area (Å²) in [5.74, 6) is 0. The molecule has 120 valence electrons. The van der Waals surface area contributed by atoms with Crippen molar-refractivity contribution < 1.29 is 0 Å². The summed E-state index contributed by atoms with van der Waals surface area (Å²) in [6.45, 7) is 15.1. The number of rotatable bonds is 2. The van der Waals surface area contributed by atoms with Gasteiger partial charge in [-0.1, -0.05) is 0 Å². The zero-order valence-electron chi connectivity index (χ0n) is 15.0. The van der Waals surface area contributed by atoms with Crippen molar-refractivity contribution in [3.8, 4) is 0 Å². The molecule has 1 aliphatic rings. The van der Waals surface area contributed by atoms with Gasteiger partial charge in [-0.3, -0.25) is 0 Å². The van der Waals surface area contributed by atoms with Crippen LogP contribution in [0.15, 0.2) is 30.3 Å². The van der Waals surface area contributed by atoms with E-state index in [4.69, 9.17) is 0 Å². The van der Waals surface area contributed by atoms with Gasteiger partial charge in [0.25, 0.3) is 0 Å². The normalized spacial score (nSPS) is 19.5. The maximum atomic E-state index is 2.52. The maximum absolute atomic E-state index is 2.52. The molecule has 1 saturated carbocycles. The monoisotopic (exact) mass is 306 g/mol. The van der Waals surface area contributed by atoms with E-state index in [0.717, 1.165) is 5.66 Å². The third-order valence-electron chi connectivity index (χ3n) is 5.81. The van der Waals surface area contributed by atoms with Crippen molar-refractivity contribution in [2.45, 2.75) is 89.6 Å². The summed E-state index contributed by atoms with van der Waals surface area (Å²) in [6.07, 6.45) is 7.24. The topological polar surface area (TPSA) is 0 Å². The van der Waals surface area contributed by atoms with E-state index in [1.807, 2.05) is 0 Å². The van der Waals surface area contributed by atoms with Gasteiger partial charge < -0.3 is 0 Å². The minimum atomic E-state index is -1.67. The Bertz CT molecular complexity index is 427. The van der Waals surface area contributed by atoms with Crippen molar-refractivity contribution in [1.82, 2.24) is 0 Å². The van der Waals surface area contributed by atoms with Crippen LogP contribution in [0.3, 0.4) is 0 Å². The van der Waals surface area contributed by atoms with E-state index in [0.29, 0.717) is 10.3 Å². The van der Waals surface area contributed by atoms with Crippen LogP contribution < -0.4 is 5.30 Å². The Kier molecular flexibility index (Phi) is 4.89. The van der Waals surface area contributed by atoms with Gasteiger partial charge in [-0.25, -0.2) is 0 Å². The molecular weight excluding hydrogens is 271 g/mol. The predicted octanol–water partition coefficient (Wildman–Crippen LogP) is 5.99. The van der Waals surface area contributed by atoms with Gasteiger partial charge in [0.1, 0.15) is 0 Å². The molecular formula is C20H35P. The Morgan fingerprint density at radius 1 is 0.762 bits per heavy atom. The Morgan fingerprint density at radius 2 is 1.24 bits per heavy atom. The summed E-state index contributed by atoms with van der Waals surface area (Å²) >= 11 is 0. The van der Waals surface area contributed by atoms with Gasteiger partial charge in [0.05, 0.1) is 0 Å². The van der Waals surface area contributed by atoms with Gasteiger partial charge in [-0.05, 0) is 0 Å². The molecule has 0 atom stereocenters. The van der Waals surface area contributed by atoms with Gasteiger partial charge in [-0.15, -0.1) is 0 Å². The van der Waals surface area contributed by atoms with Crippen molar-refractivity contribution in [2.24, 2.45) is 0 Å². The third kappa shape index (κ3) is 2.94. The number of hydrogen-bond acceptors (Lipinski definition) is 0. The molecule has 21 heavy (non-hydrogen) atoms. The van der Waals surface area contributed by atoms with Gasteiger partial charge in [0.15, 0.2) is 0 Å². The quantitative estimate of drug-likeness (QED) is 0.589. The molecule has 1 aromatic rings. The second kappa shape index (κ2) is 6.04. The van der Waals surface area contributed by atoms with Crippen LogP contribution in [0.4, 0.5) is 0 Å². The van der Waals surface area contributed by atoms with Crippen LogP contribution in [0.5, 0.6) is 0 Å². The van der Waals surface area contributed by atoms with Crippen LogP contribution in [0, 0.1) is 0 Å². The van der Waals surface area contributed by atoms with Crippen molar-refractivity contribution in [2.75, 3.05) is 0 Å². The van der Waals surface area contributed by atoms with Gasteiger partial charge in [0, 0.05) is 0 Å². The van der Waals surface area contributed by atoms with E-state index >= 15 is 0 Å². The fraction of sp³-hybridized carbons (Fsp3) is 0.700. The first-order valence-corrected chi connectivity index (χ1v) is 10.8. The molecule has 0 saturated heterocycles. The Hall–Kier alpha value is -0.350. The van der Waals surface area contributed by atoms with Crippen molar-refractivity contribution in [3.05, 3.63) is 30.3 Å². The average Bonchev–Trinajstić information content (AvgIpc) is 2.38. The molecule has 2 rings (SSSR count). The van der Waals surface area contributed by atoms with Crippen LogP contribution in [0.1, 0.15) is 73.6 Å². The molecule has 0 bridgehead atoms. The Morgan fingerprint density at radius 3 is 1.67 bits per heavy atom.